The molecule has 21 heavy (non-hydrogen) atoms. The molecule has 2 rings (SSSR count). The van der Waals surface area contributed by atoms with Gasteiger partial charge in [0.15, 0.2) is 0 Å². The predicted octanol–water partition coefficient (Wildman–Crippen LogP) is 2.47. The summed E-state index contributed by atoms with van der Waals surface area (Å²) in [6, 6.07) is 3.88. The molecule has 116 valence electrons. The fourth-order valence-corrected chi connectivity index (χ4v) is 2.63. The van der Waals surface area contributed by atoms with Gasteiger partial charge in [-0.3, -0.25) is 4.79 Å². The number of anilines is 1. The number of aliphatic hydroxyl groups is 1. The quantitative estimate of drug-likeness (QED) is 0.750. The molecule has 1 amide bonds. The van der Waals surface area contributed by atoms with Crippen LogP contribution in [0.3, 0.4) is 0 Å². The van der Waals surface area contributed by atoms with E-state index in [2.05, 4.69) is 19.2 Å². The number of hydrogen-bond acceptors (Lipinski definition) is 3. The topological polar surface area (TPSA) is 75.3 Å². The maximum Gasteiger partial charge on any atom is 0.254 e. The van der Waals surface area contributed by atoms with Gasteiger partial charge in [-0.15, -0.1) is 0 Å². The zero-order valence-electron chi connectivity index (χ0n) is 12.6. The summed E-state index contributed by atoms with van der Waals surface area (Å²) in [5, 5.41) is 13.1. The maximum absolute atomic E-state index is 13.6. The molecule has 0 unspecified atom stereocenters. The summed E-state index contributed by atoms with van der Waals surface area (Å²) < 4.78 is 13.6. The minimum Gasteiger partial charge on any atom is -0.399 e. The average molecular weight is 294 g/mol. The molecule has 4 nitrogen and oxygen atoms in total. The summed E-state index contributed by atoms with van der Waals surface area (Å²) in [4.78, 5) is 12.0. The molecule has 1 aromatic rings. The van der Waals surface area contributed by atoms with Gasteiger partial charge in [0.2, 0.25) is 0 Å². The number of nitrogens with two attached hydrogens (primary N) is 1. The van der Waals surface area contributed by atoms with Crippen molar-refractivity contribution in [2.24, 2.45) is 5.41 Å². The Morgan fingerprint density at radius 1 is 1.33 bits per heavy atom. The van der Waals surface area contributed by atoms with Crippen LogP contribution in [0, 0.1) is 11.2 Å². The standard InChI is InChI=1S/C16H23FN2O2/c1-15(2)5-7-16(21,8-6-15)10-19-14(20)12-9-11(18)3-4-13(12)17/h3-4,9,21H,5-8,10,18H2,1-2H3,(H,19,20). The highest BCUT2D eigenvalue weighted by atomic mass is 19.1. The van der Waals surface area contributed by atoms with E-state index >= 15 is 0 Å². The summed E-state index contributed by atoms with van der Waals surface area (Å²) in [5.41, 5.74) is 5.14. The molecule has 0 radical (unpaired) electrons. The minimum absolute atomic E-state index is 0.0882. The van der Waals surface area contributed by atoms with Crippen LogP contribution in [0.25, 0.3) is 0 Å². The number of nitrogens with one attached hydrogen (secondary N) is 1. The number of carbonyl (C=O) groups excluding carboxylic acids is 1. The van der Waals surface area contributed by atoms with Crippen LogP contribution in [0.1, 0.15) is 49.9 Å². The Balaban J connectivity index is 1.97. The number of benzene rings is 1. The van der Waals surface area contributed by atoms with E-state index in [0.717, 1.165) is 12.8 Å². The Morgan fingerprint density at radius 3 is 2.57 bits per heavy atom. The Bertz CT molecular complexity index is 533. The number of rotatable bonds is 3. The van der Waals surface area contributed by atoms with E-state index in [1.165, 1.54) is 18.2 Å². The van der Waals surface area contributed by atoms with Gasteiger partial charge in [-0.2, -0.15) is 0 Å². The molecule has 0 heterocycles. The molecule has 1 aliphatic rings. The van der Waals surface area contributed by atoms with Crippen molar-refractivity contribution in [3.63, 3.8) is 0 Å². The SMILES string of the molecule is CC1(C)CCC(O)(CNC(=O)c2cc(N)ccc2F)CC1. The molecule has 0 atom stereocenters. The number of amides is 1. The first-order valence-corrected chi connectivity index (χ1v) is 7.26. The Morgan fingerprint density at radius 2 is 1.95 bits per heavy atom. The molecule has 1 fully saturated rings. The highest BCUT2D eigenvalue weighted by Crippen LogP contribution is 2.39. The number of nitrogen functional groups attached to an aromatic ring is 1. The molecule has 4 N–H and O–H groups in total. The molecule has 1 saturated carbocycles. The van der Waals surface area contributed by atoms with Gasteiger partial charge in [-0.1, -0.05) is 13.8 Å². The van der Waals surface area contributed by atoms with Gasteiger partial charge in [-0.25, -0.2) is 4.39 Å². The van der Waals surface area contributed by atoms with Crippen molar-refractivity contribution < 1.29 is 14.3 Å². The fourth-order valence-electron chi connectivity index (χ4n) is 2.63. The summed E-state index contributed by atoms with van der Waals surface area (Å²) in [6.07, 6.45) is 3.09. The molecular formula is C16H23FN2O2. The van der Waals surface area contributed by atoms with Gasteiger partial charge < -0.3 is 16.2 Å². The molecule has 0 spiro atoms. The van der Waals surface area contributed by atoms with Crippen molar-refractivity contribution in [3.8, 4) is 0 Å². The van der Waals surface area contributed by atoms with Crippen molar-refractivity contribution in [1.82, 2.24) is 5.32 Å². The van der Waals surface area contributed by atoms with Gasteiger partial charge in [0.05, 0.1) is 11.2 Å². The lowest BCUT2D eigenvalue weighted by Crippen LogP contribution is -2.46. The first-order valence-electron chi connectivity index (χ1n) is 7.26. The number of carbonyl (C=O) groups is 1. The minimum atomic E-state index is -0.901. The summed E-state index contributed by atoms with van der Waals surface area (Å²) >= 11 is 0. The lowest BCUT2D eigenvalue weighted by molar-refractivity contribution is -0.0233. The van der Waals surface area contributed by atoms with Crippen LogP contribution in [0.5, 0.6) is 0 Å². The van der Waals surface area contributed by atoms with Crippen LogP contribution in [-0.4, -0.2) is 23.2 Å². The first-order chi connectivity index (χ1) is 9.71. The van der Waals surface area contributed by atoms with Gasteiger partial charge in [0, 0.05) is 12.2 Å². The zero-order valence-corrected chi connectivity index (χ0v) is 12.6. The van der Waals surface area contributed by atoms with Crippen LogP contribution < -0.4 is 11.1 Å². The second kappa shape index (κ2) is 5.64. The van der Waals surface area contributed by atoms with Crippen LogP contribution >= 0.6 is 0 Å². The molecule has 5 heteroatoms. The van der Waals surface area contributed by atoms with Crippen LogP contribution in [0.15, 0.2) is 18.2 Å². The largest absolute Gasteiger partial charge is 0.399 e. The third-order valence-electron chi connectivity index (χ3n) is 4.35. The molecule has 1 aliphatic carbocycles. The van der Waals surface area contributed by atoms with Crippen LogP contribution in [0.2, 0.25) is 0 Å². The smallest absolute Gasteiger partial charge is 0.254 e. The van der Waals surface area contributed by atoms with E-state index < -0.39 is 17.3 Å². The van der Waals surface area contributed by atoms with Gasteiger partial charge in [-0.05, 0) is 49.3 Å². The van der Waals surface area contributed by atoms with Gasteiger partial charge in [0.25, 0.3) is 5.91 Å². The molecule has 0 aliphatic heterocycles. The maximum atomic E-state index is 13.6. The van der Waals surface area contributed by atoms with Gasteiger partial charge >= 0.3 is 0 Å². The fraction of sp³-hybridized carbons (Fsp3) is 0.562. The van der Waals surface area contributed by atoms with Gasteiger partial charge in [0.1, 0.15) is 5.82 Å². The normalized spacial score (nSPS) is 20.0. The van der Waals surface area contributed by atoms with Crippen LogP contribution in [0.4, 0.5) is 10.1 Å². The zero-order chi connectivity index (χ0) is 15.7. The second-order valence-corrected chi connectivity index (χ2v) is 6.81. The molecule has 0 bridgehead atoms. The highest BCUT2D eigenvalue weighted by molar-refractivity contribution is 5.95. The third-order valence-corrected chi connectivity index (χ3v) is 4.35. The average Bonchev–Trinajstić information content (AvgIpc) is 2.43. The summed E-state index contributed by atoms with van der Waals surface area (Å²) in [6.45, 7) is 4.48. The lowest BCUT2D eigenvalue weighted by atomic mass is 9.71. The second-order valence-electron chi connectivity index (χ2n) is 6.81. The van der Waals surface area contributed by atoms with Crippen molar-refractivity contribution >= 4 is 11.6 Å². The number of halogens is 1. The Labute approximate surface area is 124 Å². The lowest BCUT2D eigenvalue weighted by Gasteiger charge is -2.40. The summed E-state index contributed by atoms with van der Waals surface area (Å²) in [7, 11) is 0. The number of hydrogen-bond donors (Lipinski definition) is 3. The van der Waals surface area contributed by atoms with E-state index in [1.807, 2.05) is 0 Å². The predicted molar refractivity (Wildman–Crippen MR) is 80.3 cm³/mol. The molecular weight excluding hydrogens is 271 g/mol. The Hall–Kier alpha value is -1.62. The van der Waals surface area contributed by atoms with E-state index in [9.17, 15) is 14.3 Å². The van der Waals surface area contributed by atoms with Crippen molar-refractivity contribution in [2.45, 2.75) is 45.1 Å². The van der Waals surface area contributed by atoms with E-state index in [0.29, 0.717) is 18.5 Å². The van der Waals surface area contributed by atoms with E-state index in [-0.39, 0.29) is 17.5 Å². The highest BCUT2D eigenvalue weighted by Gasteiger charge is 2.36. The monoisotopic (exact) mass is 294 g/mol. The summed E-state index contributed by atoms with van der Waals surface area (Å²) in [5.74, 6) is -1.16. The van der Waals surface area contributed by atoms with E-state index in [1.54, 1.807) is 0 Å². The molecule has 0 saturated heterocycles. The van der Waals surface area contributed by atoms with E-state index in [4.69, 9.17) is 5.73 Å². The first kappa shape index (κ1) is 15.8. The Kier molecular flexibility index (Phi) is 4.23. The molecule has 1 aromatic carbocycles. The molecule has 0 aromatic heterocycles. The third kappa shape index (κ3) is 3.94. The van der Waals surface area contributed by atoms with Crippen LogP contribution in [-0.2, 0) is 0 Å². The van der Waals surface area contributed by atoms with Crippen molar-refractivity contribution in [2.75, 3.05) is 12.3 Å². The van der Waals surface area contributed by atoms with Crippen molar-refractivity contribution in [3.05, 3.63) is 29.6 Å². The van der Waals surface area contributed by atoms with Crippen molar-refractivity contribution in [1.29, 1.82) is 0 Å².